The molecule has 1 aromatic carbocycles. The molecule has 0 amide bonds. The van der Waals surface area contributed by atoms with Crippen molar-refractivity contribution in [2.45, 2.75) is 19.9 Å². The van der Waals surface area contributed by atoms with Crippen LogP contribution in [0.1, 0.15) is 22.7 Å². The first kappa shape index (κ1) is 13.6. The van der Waals surface area contributed by atoms with Crippen molar-refractivity contribution in [3.8, 4) is 0 Å². The molecule has 0 saturated heterocycles. The predicted octanol–water partition coefficient (Wildman–Crippen LogP) is 3.69. The van der Waals surface area contributed by atoms with Crippen LogP contribution in [-0.4, -0.2) is 13.1 Å². The standard InChI is InChI=1S/C15H17NO2S/c1-10-5-4-6-13(11(10)2)16-14(15(17)18-3)12-7-8-19-9-12/h4-9,14,16H,1-3H3. The highest BCUT2D eigenvalue weighted by atomic mass is 32.1. The largest absolute Gasteiger partial charge is 0.467 e. The number of carbonyl (C=O) groups excluding carboxylic acids is 1. The summed E-state index contributed by atoms with van der Waals surface area (Å²) in [7, 11) is 1.41. The molecule has 1 atom stereocenters. The van der Waals surface area contributed by atoms with Gasteiger partial charge in [0, 0.05) is 5.69 Å². The number of carbonyl (C=O) groups is 1. The van der Waals surface area contributed by atoms with Gasteiger partial charge in [-0.15, -0.1) is 0 Å². The van der Waals surface area contributed by atoms with Crippen molar-refractivity contribution in [1.29, 1.82) is 0 Å². The van der Waals surface area contributed by atoms with Crippen molar-refractivity contribution in [1.82, 2.24) is 0 Å². The van der Waals surface area contributed by atoms with E-state index in [0.29, 0.717) is 0 Å². The monoisotopic (exact) mass is 275 g/mol. The van der Waals surface area contributed by atoms with E-state index in [2.05, 4.69) is 18.3 Å². The van der Waals surface area contributed by atoms with Crippen molar-refractivity contribution >= 4 is 23.0 Å². The normalized spacial score (nSPS) is 11.9. The summed E-state index contributed by atoms with van der Waals surface area (Å²) >= 11 is 1.57. The first-order chi connectivity index (χ1) is 9.13. The van der Waals surface area contributed by atoms with Crippen LogP contribution in [0.4, 0.5) is 5.69 Å². The molecule has 4 heteroatoms. The van der Waals surface area contributed by atoms with E-state index < -0.39 is 6.04 Å². The second-order valence-corrected chi connectivity index (χ2v) is 5.18. The Balaban J connectivity index is 2.31. The van der Waals surface area contributed by atoms with Crippen LogP contribution in [0.2, 0.25) is 0 Å². The highest BCUT2D eigenvalue weighted by Crippen LogP contribution is 2.26. The Labute approximate surface area is 117 Å². The van der Waals surface area contributed by atoms with E-state index in [1.54, 1.807) is 11.3 Å². The molecular formula is C15H17NO2S. The molecule has 2 rings (SSSR count). The molecule has 1 heterocycles. The van der Waals surface area contributed by atoms with Crippen LogP contribution in [-0.2, 0) is 9.53 Å². The first-order valence-corrected chi connectivity index (χ1v) is 7.00. The summed E-state index contributed by atoms with van der Waals surface area (Å²) in [5, 5.41) is 7.19. The number of hydrogen-bond acceptors (Lipinski definition) is 4. The lowest BCUT2D eigenvalue weighted by atomic mass is 10.1. The fourth-order valence-electron chi connectivity index (χ4n) is 1.90. The van der Waals surface area contributed by atoms with Crippen molar-refractivity contribution in [2.75, 3.05) is 12.4 Å². The first-order valence-electron chi connectivity index (χ1n) is 6.06. The van der Waals surface area contributed by atoms with E-state index in [4.69, 9.17) is 4.74 Å². The number of hydrogen-bond donors (Lipinski definition) is 1. The lowest BCUT2D eigenvalue weighted by molar-refractivity contribution is -0.141. The van der Waals surface area contributed by atoms with Gasteiger partial charge in [0.1, 0.15) is 0 Å². The zero-order valence-corrected chi connectivity index (χ0v) is 12.1. The number of anilines is 1. The smallest absolute Gasteiger partial charge is 0.333 e. The Hall–Kier alpha value is -1.81. The zero-order chi connectivity index (χ0) is 13.8. The van der Waals surface area contributed by atoms with Crippen molar-refractivity contribution in [3.63, 3.8) is 0 Å². The predicted molar refractivity (Wildman–Crippen MR) is 78.6 cm³/mol. The average molecular weight is 275 g/mol. The van der Waals surface area contributed by atoms with E-state index in [1.807, 2.05) is 35.9 Å². The fourth-order valence-corrected chi connectivity index (χ4v) is 2.58. The molecule has 0 bridgehead atoms. The highest BCUT2D eigenvalue weighted by Gasteiger charge is 2.22. The number of rotatable bonds is 4. The molecule has 0 spiro atoms. The van der Waals surface area contributed by atoms with Gasteiger partial charge in [-0.25, -0.2) is 4.79 Å². The van der Waals surface area contributed by atoms with E-state index in [0.717, 1.165) is 16.8 Å². The molecule has 3 nitrogen and oxygen atoms in total. The minimum atomic E-state index is -0.461. The van der Waals surface area contributed by atoms with Gasteiger partial charge >= 0.3 is 5.97 Å². The van der Waals surface area contributed by atoms with Gasteiger partial charge in [-0.3, -0.25) is 0 Å². The maximum Gasteiger partial charge on any atom is 0.333 e. The molecule has 1 aromatic heterocycles. The summed E-state index contributed by atoms with van der Waals surface area (Å²) in [5.74, 6) is -0.278. The maximum atomic E-state index is 11.9. The van der Waals surface area contributed by atoms with Gasteiger partial charge < -0.3 is 10.1 Å². The molecule has 0 aliphatic heterocycles. The van der Waals surface area contributed by atoms with Crippen molar-refractivity contribution < 1.29 is 9.53 Å². The topological polar surface area (TPSA) is 38.3 Å². The third kappa shape index (κ3) is 2.96. The summed E-state index contributed by atoms with van der Waals surface area (Å²) < 4.78 is 4.88. The van der Waals surface area contributed by atoms with Crippen molar-refractivity contribution in [2.24, 2.45) is 0 Å². The van der Waals surface area contributed by atoms with E-state index in [1.165, 1.54) is 12.7 Å². The molecule has 2 aromatic rings. The van der Waals surface area contributed by atoms with Gasteiger partial charge in [0.2, 0.25) is 0 Å². The van der Waals surface area contributed by atoms with E-state index in [-0.39, 0.29) is 5.97 Å². The summed E-state index contributed by atoms with van der Waals surface area (Å²) in [4.78, 5) is 11.9. The van der Waals surface area contributed by atoms with Gasteiger partial charge in [0.05, 0.1) is 7.11 Å². The van der Waals surface area contributed by atoms with Crippen LogP contribution < -0.4 is 5.32 Å². The van der Waals surface area contributed by atoms with Crippen molar-refractivity contribution in [3.05, 3.63) is 51.7 Å². The Morgan fingerprint density at radius 3 is 2.74 bits per heavy atom. The van der Waals surface area contributed by atoms with Gasteiger partial charge in [-0.05, 0) is 53.4 Å². The van der Waals surface area contributed by atoms with Crippen LogP contribution in [0.15, 0.2) is 35.0 Å². The Morgan fingerprint density at radius 1 is 1.32 bits per heavy atom. The summed E-state index contributed by atoms with van der Waals surface area (Å²) in [6.45, 7) is 4.10. The Morgan fingerprint density at radius 2 is 2.11 bits per heavy atom. The quantitative estimate of drug-likeness (QED) is 0.865. The number of methoxy groups -OCH3 is 1. The van der Waals surface area contributed by atoms with E-state index >= 15 is 0 Å². The molecule has 100 valence electrons. The second kappa shape index (κ2) is 5.89. The summed E-state index contributed by atoms with van der Waals surface area (Å²) in [6, 6.07) is 7.48. The van der Waals surface area contributed by atoms with Crippen LogP contribution in [0, 0.1) is 13.8 Å². The molecule has 0 aliphatic rings. The number of thiophene rings is 1. The molecular weight excluding hydrogens is 258 g/mol. The third-order valence-electron chi connectivity index (χ3n) is 3.22. The molecule has 0 saturated carbocycles. The van der Waals surface area contributed by atoms with Gasteiger partial charge in [0.25, 0.3) is 0 Å². The van der Waals surface area contributed by atoms with Gasteiger partial charge in [0.15, 0.2) is 6.04 Å². The van der Waals surface area contributed by atoms with Gasteiger partial charge in [-0.2, -0.15) is 11.3 Å². The number of ether oxygens (including phenoxy) is 1. The third-order valence-corrected chi connectivity index (χ3v) is 3.92. The highest BCUT2D eigenvalue weighted by molar-refractivity contribution is 7.08. The molecule has 19 heavy (non-hydrogen) atoms. The lowest BCUT2D eigenvalue weighted by Gasteiger charge is -2.19. The molecule has 0 radical (unpaired) electrons. The molecule has 0 fully saturated rings. The SMILES string of the molecule is COC(=O)C(Nc1cccc(C)c1C)c1ccsc1. The van der Waals surface area contributed by atoms with Crippen LogP contribution >= 0.6 is 11.3 Å². The molecule has 1 unspecified atom stereocenters. The number of benzene rings is 1. The van der Waals surface area contributed by atoms with Crippen LogP contribution in [0.3, 0.4) is 0 Å². The maximum absolute atomic E-state index is 11.9. The molecule has 1 N–H and O–H groups in total. The number of nitrogens with one attached hydrogen (secondary N) is 1. The van der Waals surface area contributed by atoms with Crippen LogP contribution in [0.25, 0.3) is 0 Å². The summed E-state index contributed by atoms with van der Waals surface area (Å²) in [5.41, 5.74) is 4.23. The Bertz CT molecular complexity index is 564. The lowest BCUT2D eigenvalue weighted by Crippen LogP contribution is -2.22. The minimum Gasteiger partial charge on any atom is -0.467 e. The second-order valence-electron chi connectivity index (χ2n) is 4.40. The van der Waals surface area contributed by atoms with E-state index in [9.17, 15) is 4.79 Å². The fraction of sp³-hybridized carbons (Fsp3) is 0.267. The zero-order valence-electron chi connectivity index (χ0n) is 11.3. The number of aryl methyl sites for hydroxylation is 1. The summed E-state index contributed by atoms with van der Waals surface area (Å²) in [6.07, 6.45) is 0. The van der Waals surface area contributed by atoms with Gasteiger partial charge in [-0.1, -0.05) is 12.1 Å². The minimum absolute atomic E-state index is 0.278. The van der Waals surface area contributed by atoms with Crippen LogP contribution in [0.5, 0.6) is 0 Å². The molecule has 0 aliphatic carbocycles. The average Bonchev–Trinajstić information content (AvgIpc) is 2.93. The number of esters is 1. The Kier molecular flexibility index (Phi) is 4.22.